The first-order valence-corrected chi connectivity index (χ1v) is 13.0. The molecule has 1 amide bonds. The Labute approximate surface area is 229 Å². The number of anilines is 1. The Morgan fingerprint density at radius 3 is 2.47 bits per heavy atom. The lowest BCUT2D eigenvalue weighted by Crippen LogP contribution is -2.15. The quantitative estimate of drug-likeness (QED) is 0.236. The van der Waals surface area contributed by atoms with E-state index in [1.807, 2.05) is 72.3 Å². The summed E-state index contributed by atoms with van der Waals surface area (Å²) in [5.41, 5.74) is 4.12. The van der Waals surface area contributed by atoms with Crippen molar-refractivity contribution in [2.75, 3.05) is 25.3 Å². The van der Waals surface area contributed by atoms with Crippen LogP contribution in [0, 0.1) is 0 Å². The van der Waals surface area contributed by atoms with Crippen molar-refractivity contribution in [3.05, 3.63) is 77.8 Å². The molecule has 0 atom stereocenters. The molecule has 10 heteroatoms. The van der Waals surface area contributed by atoms with Gasteiger partial charge in [-0.25, -0.2) is 4.98 Å². The molecule has 8 nitrogen and oxygen atoms in total. The smallest absolute Gasteiger partial charge is 0.234 e. The number of amides is 1. The Balaban J connectivity index is 1.39. The summed E-state index contributed by atoms with van der Waals surface area (Å²) in [5.74, 6) is 1.45. The van der Waals surface area contributed by atoms with E-state index in [0.717, 1.165) is 27.7 Å². The molecule has 1 N–H and O–H groups in total. The van der Waals surface area contributed by atoms with E-state index in [1.165, 1.54) is 26.0 Å². The van der Waals surface area contributed by atoms with Crippen LogP contribution in [-0.4, -0.2) is 45.6 Å². The second-order valence-electron chi connectivity index (χ2n) is 8.33. The highest BCUT2D eigenvalue weighted by molar-refractivity contribution is 7.99. The van der Waals surface area contributed by atoms with Gasteiger partial charge in [-0.1, -0.05) is 71.9 Å². The summed E-state index contributed by atoms with van der Waals surface area (Å²) < 4.78 is 12.5. The van der Waals surface area contributed by atoms with Crippen molar-refractivity contribution in [2.24, 2.45) is 7.05 Å². The zero-order chi connectivity index (χ0) is 26.6. The molecular weight excluding hydrogens is 522 g/mol. The number of aromatic nitrogens is 4. The molecule has 38 heavy (non-hydrogen) atoms. The van der Waals surface area contributed by atoms with Crippen LogP contribution in [0.2, 0.25) is 5.02 Å². The van der Waals surface area contributed by atoms with Gasteiger partial charge in [-0.3, -0.25) is 4.79 Å². The van der Waals surface area contributed by atoms with Crippen LogP contribution in [0.4, 0.5) is 5.69 Å². The number of nitrogens with zero attached hydrogens (tertiary/aromatic N) is 4. The third-order valence-corrected chi connectivity index (χ3v) is 7.26. The Kier molecular flexibility index (Phi) is 7.48. The SMILES string of the molecule is COc1cc(NC(=O)CSc2nnc(-c3cc(-c4ccccc4)nc4ccccc34)n2C)c(OC)cc1Cl. The summed E-state index contributed by atoms with van der Waals surface area (Å²) in [6.07, 6.45) is 0. The molecule has 0 spiro atoms. The number of hydrogen-bond donors (Lipinski definition) is 1. The van der Waals surface area contributed by atoms with Crippen molar-refractivity contribution >= 4 is 45.9 Å². The van der Waals surface area contributed by atoms with Crippen LogP contribution >= 0.6 is 23.4 Å². The van der Waals surface area contributed by atoms with Crippen LogP contribution < -0.4 is 14.8 Å². The number of ether oxygens (including phenoxy) is 2. The van der Waals surface area contributed by atoms with Gasteiger partial charge in [0.2, 0.25) is 5.91 Å². The number of pyridine rings is 1. The minimum Gasteiger partial charge on any atom is -0.495 e. The fourth-order valence-corrected chi connectivity index (χ4v) is 5.01. The maximum absolute atomic E-state index is 12.8. The molecule has 0 aliphatic heterocycles. The van der Waals surface area contributed by atoms with Crippen molar-refractivity contribution < 1.29 is 14.3 Å². The minimum atomic E-state index is -0.233. The number of carbonyl (C=O) groups excluding carboxylic acids is 1. The van der Waals surface area contributed by atoms with E-state index in [0.29, 0.717) is 33.2 Å². The Morgan fingerprint density at radius 2 is 1.71 bits per heavy atom. The van der Waals surface area contributed by atoms with Gasteiger partial charge in [-0.05, 0) is 12.1 Å². The Bertz CT molecular complexity index is 1620. The number of halogens is 1. The maximum Gasteiger partial charge on any atom is 0.234 e. The molecule has 3 aromatic carbocycles. The summed E-state index contributed by atoms with van der Waals surface area (Å²) in [5, 5.41) is 13.7. The van der Waals surface area contributed by atoms with Crippen molar-refractivity contribution in [1.82, 2.24) is 19.7 Å². The van der Waals surface area contributed by atoms with Gasteiger partial charge < -0.3 is 19.4 Å². The fraction of sp³-hybridized carbons (Fsp3) is 0.143. The van der Waals surface area contributed by atoms with Crippen LogP contribution in [0.25, 0.3) is 33.5 Å². The van der Waals surface area contributed by atoms with Gasteiger partial charge in [0.15, 0.2) is 11.0 Å². The topological polar surface area (TPSA) is 91.2 Å². The maximum atomic E-state index is 12.8. The number of carbonyl (C=O) groups is 1. The van der Waals surface area contributed by atoms with Gasteiger partial charge in [-0.2, -0.15) is 0 Å². The van der Waals surface area contributed by atoms with Gasteiger partial charge in [0.05, 0.1) is 41.9 Å². The average Bonchev–Trinajstić information content (AvgIpc) is 3.32. The summed E-state index contributed by atoms with van der Waals surface area (Å²) >= 11 is 7.45. The highest BCUT2D eigenvalue weighted by atomic mass is 35.5. The molecule has 0 aliphatic carbocycles. The van der Waals surface area contributed by atoms with Gasteiger partial charge in [0.1, 0.15) is 11.5 Å². The number of hydrogen-bond acceptors (Lipinski definition) is 7. The van der Waals surface area contributed by atoms with E-state index in [9.17, 15) is 4.79 Å². The van der Waals surface area contributed by atoms with Gasteiger partial charge >= 0.3 is 0 Å². The van der Waals surface area contributed by atoms with Crippen LogP contribution in [0.3, 0.4) is 0 Å². The molecule has 0 bridgehead atoms. The first kappa shape index (κ1) is 25.6. The number of methoxy groups -OCH3 is 2. The van der Waals surface area contributed by atoms with Crippen LogP contribution in [0.5, 0.6) is 11.5 Å². The molecule has 192 valence electrons. The van der Waals surface area contributed by atoms with E-state index in [1.54, 1.807) is 12.1 Å². The highest BCUT2D eigenvalue weighted by Crippen LogP contribution is 2.36. The highest BCUT2D eigenvalue weighted by Gasteiger charge is 2.18. The molecule has 0 radical (unpaired) electrons. The van der Waals surface area contributed by atoms with Crippen LogP contribution in [-0.2, 0) is 11.8 Å². The molecule has 0 saturated carbocycles. The van der Waals surface area contributed by atoms with Crippen molar-refractivity contribution in [1.29, 1.82) is 0 Å². The van der Waals surface area contributed by atoms with Crippen LogP contribution in [0.1, 0.15) is 0 Å². The molecule has 0 saturated heterocycles. The molecule has 5 aromatic rings. The largest absolute Gasteiger partial charge is 0.495 e. The number of nitrogens with one attached hydrogen (secondary N) is 1. The van der Waals surface area contributed by atoms with Crippen molar-refractivity contribution in [3.8, 4) is 34.1 Å². The summed E-state index contributed by atoms with van der Waals surface area (Å²) in [4.78, 5) is 17.6. The predicted molar refractivity (Wildman–Crippen MR) is 151 cm³/mol. The normalized spacial score (nSPS) is 10.9. The van der Waals surface area contributed by atoms with Crippen LogP contribution in [0.15, 0.2) is 78.0 Å². The van der Waals surface area contributed by atoms with E-state index in [-0.39, 0.29) is 11.7 Å². The van der Waals surface area contributed by atoms with Gasteiger partial charge in [-0.15, -0.1) is 10.2 Å². The summed E-state index contributed by atoms with van der Waals surface area (Å²) in [7, 11) is 4.91. The third-order valence-electron chi connectivity index (χ3n) is 5.94. The monoisotopic (exact) mass is 545 g/mol. The molecule has 5 rings (SSSR count). The van der Waals surface area contributed by atoms with E-state index < -0.39 is 0 Å². The van der Waals surface area contributed by atoms with Crippen molar-refractivity contribution in [2.45, 2.75) is 5.16 Å². The summed E-state index contributed by atoms with van der Waals surface area (Å²) in [6.45, 7) is 0. The lowest BCUT2D eigenvalue weighted by Gasteiger charge is -2.13. The van der Waals surface area contributed by atoms with E-state index >= 15 is 0 Å². The second kappa shape index (κ2) is 11.1. The number of thioether (sulfide) groups is 1. The lowest BCUT2D eigenvalue weighted by molar-refractivity contribution is -0.113. The fourth-order valence-electron chi connectivity index (χ4n) is 4.07. The zero-order valence-electron chi connectivity index (χ0n) is 20.9. The molecule has 0 fully saturated rings. The second-order valence-corrected chi connectivity index (χ2v) is 9.68. The lowest BCUT2D eigenvalue weighted by atomic mass is 10.0. The third kappa shape index (κ3) is 5.16. The first-order chi connectivity index (χ1) is 18.5. The molecular formula is C28H24ClN5O3S. The minimum absolute atomic E-state index is 0.117. The first-order valence-electron chi connectivity index (χ1n) is 11.7. The Hall–Kier alpha value is -4.08. The number of rotatable bonds is 8. The molecule has 2 aromatic heterocycles. The predicted octanol–water partition coefficient (Wildman–Crippen LogP) is 6.10. The van der Waals surface area contributed by atoms with Gasteiger partial charge in [0, 0.05) is 35.7 Å². The standard InChI is InChI=1S/C28H24ClN5O3S/c1-34-27(19-13-22(17-9-5-4-6-10-17)30-21-12-8-7-11-18(19)21)32-33-28(34)38-16-26(35)31-23-15-24(36-2)20(29)14-25(23)37-3/h4-15H,16H2,1-3H3,(H,31,35). The van der Waals surface area contributed by atoms with E-state index in [4.69, 9.17) is 26.1 Å². The number of benzene rings is 3. The number of para-hydroxylation sites is 1. The zero-order valence-corrected chi connectivity index (χ0v) is 22.5. The molecule has 2 heterocycles. The van der Waals surface area contributed by atoms with E-state index in [2.05, 4.69) is 15.5 Å². The average molecular weight is 546 g/mol. The van der Waals surface area contributed by atoms with Crippen molar-refractivity contribution in [3.63, 3.8) is 0 Å². The van der Waals surface area contributed by atoms with Gasteiger partial charge in [0.25, 0.3) is 0 Å². The molecule has 0 aliphatic rings. The molecule has 0 unspecified atom stereocenters. The Morgan fingerprint density at radius 1 is 0.974 bits per heavy atom. The number of fused-ring (bicyclic) bond motifs is 1. The summed E-state index contributed by atoms with van der Waals surface area (Å²) in [6, 6.07) is 23.2.